The van der Waals surface area contributed by atoms with Gasteiger partial charge < -0.3 is 14.2 Å². The first-order valence-electron chi connectivity index (χ1n) is 13.1. The number of imide groups is 1. The maximum Gasteiger partial charge on any atom is 0.266 e. The number of carbonyl (C=O) groups is 2. The molecule has 38 heavy (non-hydrogen) atoms. The van der Waals surface area contributed by atoms with Crippen molar-refractivity contribution < 1.29 is 28.6 Å². The molecule has 2 aliphatic rings. The maximum absolute atomic E-state index is 14.0. The zero-order chi connectivity index (χ0) is 26.6. The predicted molar refractivity (Wildman–Crippen MR) is 144 cm³/mol. The lowest BCUT2D eigenvalue weighted by Gasteiger charge is -2.29. The van der Waals surface area contributed by atoms with Crippen LogP contribution in [0.3, 0.4) is 0 Å². The molecular weight excluding hydrogens is 484 g/mol. The molecule has 0 bridgehead atoms. The molecule has 2 saturated heterocycles. The number of benzene rings is 3. The van der Waals surface area contributed by atoms with Gasteiger partial charge in [0, 0.05) is 0 Å². The molecule has 2 aliphatic heterocycles. The third kappa shape index (κ3) is 4.56. The Morgan fingerprint density at radius 1 is 0.763 bits per heavy atom. The van der Waals surface area contributed by atoms with Crippen LogP contribution < -0.4 is 24.2 Å². The molecule has 0 unspecified atom stereocenters. The van der Waals surface area contributed by atoms with Crippen molar-refractivity contribution in [2.45, 2.75) is 39.3 Å². The lowest BCUT2D eigenvalue weighted by Crippen LogP contribution is -2.37. The highest BCUT2D eigenvalue weighted by atomic mass is 16.7. The molecule has 3 atom stereocenters. The minimum absolute atomic E-state index is 0.333. The van der Waals surface area contributed by atoms with Crippen LogP contribution in [0.4, 0.5) is 11.4 Å². The van der Waals surface area contributed by atoms with Crippen LogP contribution in [0.5, 0.6) is 17.2 Å². The summed E-state index contributed by atoms with van der Waals surface area (Å²) in [6.07, 6.45) is -0.112. The van der Waals surface area contributed by atoms with Crippen LogP contribution in [0.25, 0.3) is 0 Å². The van der Waals surface area contributed by atoms with Gasteiger partial charge in [0.05, 0.1) is 37.2 Å². The van der Waals surface area contributed by atoms with Crippen LogP contribution in [0.2, 0.25) is 0 Å². The van der Waals surface area contributed by atoms with Gasteiger partial charge in [-0.05, 0) is 62.2 Å². The first-order valence-corrected chi connectivity index (χ1v) is 13.1. The van der Waals surface area contributed by atoms with Crippen molar-refractivity contribution in [2.75, 3.05) is 29.8 Å². The van der Waals surface area contributed by atoms with E-state index < -0.39 is 24.0 Å². The topological polar surface area (TPSA) is 77.5 Å². The van der Waals surface area contributed by atoms with Crippen molar-refractivity contribution in [1.29, 1.82) is 0 Å². The van der Waals surface area contributed by atoms with E-state index in [0.717, 1.165) is 17.7 Å². The number of carbonyl (C=O) groups excluding carboxylic acids is 2. The van der Waals surface area contributed by atoms with Gasteiger partial charge in [-0.15, -0.1) is 0 Å². The quantitative estimate of drug-likeness (QED) is 0.337. The van der Waals surface area contributed by atoms with Crippen molar-refractivity contribution in [2.24, 2.45) is 5.92 Å². The SMILES string of the molecule is CCCOc1ccc([C@@H]2[C@@H]3C(=O)N(c4ccccc4OCC)C(=O)[C@@H]3ON2c2ccccc2)cc1OCC. The average molecular weight is 517 g/mol. The molecule has 3 aromatic rings. The number of hydroxylamine groups is 1. The number of fused-ring (bicyclic) bond motifs is 1. The number of anilines is 2. The Bertz CT molecular complexity index is 1300. The van der Waals surface area contributed by atoms with Gasteiger partial charge in [0.25, 0.3) is 5.91 Å². The molecule has 3 aromatic carbocycles. The molecule has 198 valence electrons. The summed E-state index contributed by atoms with van der Waals surface area (Å²) in [6.45, 7) is 7.25. The van der Waals surface area contributed by atoms with E-state index in [1.807, 2.05) is 75.4 Å². The molecule has 2 heterocycles. The molecule has 0 spiro atoms. The highest BCUT2D eigenvalue weighted by Crippen LogP contribution is 2.49. The Kier molecular flexibility index (Phi) is 7.51. The van der Waals surface area contributed by atoms with E-state index >= 15 is 0 Å². The van der Waals surface area contributed by atoms with E-state index in [1.54, 1.807) is 23.3 Å². The van der Waals surface area contributed by atoms with Crippen LogP contribution in [-0.2, 0) is 14.4 Å². The van der Waals surface area contributed by atoms with E-state index in [-0.39, 0.29) is 5.91 Å². The summed E-state index contributed by atoms with van der Waals surface area (Å²) in [6, 6.07) is 21.6. The average Bonchev–Trinajstić information content (AvgIpc) is 3.45. The molecule has 2 amide bonds. The molecule has 8 heteroatoms. The first-order chi connectivity index (χ1) is 18.6. The van der Waals surface area contributed by atoms with Crippen LogP contribution >= 0.6 is 0 Å². The summed E-state index contributed by atoms with van der Waals surface area (Å²) in [5.74, 6) is 0.187. The van der Waals surface area contributed by atoms with Crippen molar-refractivity contribution >= 4 is 23.2 Å². The Morgan fingerprint density at radius 2 is 1.47 bits per heavy atom. The normalized spacial score (nSPS) is 20.6. The van der Waals surface area contributed by atoms with Gasteiger partial charge in [0.2, 0.25) is 5.91 Å². The summed E-state index contributed by atoms with van der Waals surface area (Å²) in [5.41, 5.74) is 1.96. The molecule has 0 N–H and O–H groups in total. The number of hydrogen-bond donors (Lipinski definition) is 0. The minimum atomic E-state index is -0.978. The van der Waals surface area contributed by atoms with E-state index in [2.05, 4.69) is 0 Å². The zero-order valence-electron chi connectivity index (χ0n) is 21.8. The van der Waals surface area contributed by atoms with Gasteiger partial charge in [-0.25, -0.2) is 9.96 Å². The molecule has 5 rings (SSSR count). The molecule has 2 fully saturated rings. The number of hydrogen-bond acceptors (Lipinski definition) is 7. The third-order valence-corrected chi connectivity index (χ3v) is 6.60. The molecule has 0 radical (unpaired) electrons. The minimum Gasteiger partial charge on any atom is -0.492 e. The fourth-order valence-corrected chi connectivity index (χ4v) is 5.02. The summed E-state index contributed by atoms with van der Waals surface area (Å²) in [5, 5.41) is 1.68. The van der Waals surface area contributed by atoms with Gasteiger partial charge in [-0.3, -0.25) is 14.4 Å². The predicted octanol–water partition coefficient (Wildman–Crippen LogP) is 5.32. The molecular formula is C30H32N2O6. The van der Waals surface area contributed by atoms with Crippen molar-refractivity contribution in [3.05, 3.63) is 78.4 Å². The van der Waals surface area contributed by atoms with Crippen LogP contribution in [0.15, 0.2) is 72.8 Å². The largest absolute Gasteiger partial charge is 0.492 e. The lowest BCUT2D eigenvalue weighted by molar-refractivity contribution is -0.126. The Balaban J connectivity index is 1.58. The van der Waals surface area contributed by atoms with Crippen molar-refractivity contribution in [1.82, 2.24) is 0 Å². The van der Waals surface area contributed by atoms with E-state index in [1.165, 1.54) is 4.90 Å². The van der Waals surface area contributed by atoms with Crippen LogP contribution in [0.1, 0.15) is 38.8 Å². The maximum atomic E-state index is 14.0. The molecule has 8 nitrogen and oxygen atoms in total. The van der Waals surface area contributed by atoms with Gasteiger partial charge in [-0.1, -0.05) is 43.3 Å². The highest BCUT2D eigenvalue weighted by Gasteiger charge is 2.60. The lowest BCUT2D eigenvalue weighted by atomic mass is 9.90. The Hall–Kier alpha value is -4.04. The number of nitrogens with zero attached hydrogens (tertiary/aromatic N) is 2. The van der Waals surface area contributed by atoms with Crippen LogP contribution in [-0.4, -0.2) is 37.7 Å². The number of rotatable bonds is 10. The standard InChI is InChI=1S/C30H32N2O6/c1-4-18-37-24-17-16-20(19-25(24)36-6-3)27-26-28(38-32(27)21-12-8-7-9-13-21)30(34)31(29(26)33)22-14-10-11-15-23(22)35-5-2/h7-17,19,26-28H,4-6,18H2,1-3H3/t26-,27+,28+/m0/s1. The van der Waals surface area contributed by atoms with E-state index in [0.29, 0.717) is 42.8 Å². The van der Waals surface area contributed by atoms with Gasteiger partial charge >= 0.3 is 0 Å². The van der Waals surface area contributed by atoms with Gasteiger partial charge in [0.1, 0.15) is 11.7 Å². The second-order valence-corrected chi connectivity index (χ2v) is 9.06. The second-order valence-electron chi connectivity index (χ2n) is 9.06. The first kappa shape index (κ1) is 25.6. The van der Waals surface area contributed by atoms with Crippen LogP contribution in [0, 0.1) is 5.92 Å². The summed E-state index contributed by atoms with van der Waals surface area (Å²) >= 11 is 0. The van der Waals surface area contributed by atoms with E-state index in [4.69, 9.17) is 19.0 Å². The summed E-state index contributed by atoms with van der Waals surface area (Å²) in [7, 11) is 0. The van der Waals surface area contributed by atoms with Crippen molar-refractivity contribution in [3.63, 3.8) is 0 Å². The fourth-order valence-electron chi connectivity index (χ4n) is 5.02. The Labute approximate surface area is 222 Å². The second kappa shape index (κ2) is 11.1. The summed E-state index contributed by atoms with van der Waals surface area (Å²) < 4.78 is 17.5. The van der Waals surface area contributed by atoms with Gasteiger partial charge in [-0.2, -0.15) is 0 Å². The zero-order valence-corrected chi connectivity index (χ0v) is 21.8. The number of ether oxygens (including phenoxy) is 3. The van der Waals surface area contributed by atoms with E-state index in [9.17, 15) is 9.59 Å². The molecule has 0 aromatic heterocycles. The summed E-state index contributed by atoms with van der Waals surface area (Å²) in [4.78, 5) is 35.2. The van der Waals surface area contributed by atoms with Crippen molar-refractivity contribution in [3.8, 4) is 17.2 Å². The third-order valence-electron chi connectivity index (χ3n) is 6.60. The molecule has 0 aliphatic carbocycles. The fraction of sp³-hybridized carbons (Fsp3) is 0.333. The highest BCUT2D eigenvalue weighted by molar-refractivity contribution is 6.24. The monoisotopic (exact) mass is 516 g/mol. The Morgan fingerprint density at radius 3 is 2.21 bits per heavy atom. The number of para-hydroxylation sites is 3. The van der Waals surface area contributed by atoms with Gasteiger partial charge in [0.15, 0.2) is 17.6 Å². The number of amides is 2. The smallest absolute Gasteiger partial charge is 0.266 e. The molecule has 0 saturated carbocycles.